The van der Waals surface area contributed by atoms with Crippen LogP contribution < -0.4 is 14.5 Å². The standard InChI is InChI=1S/C76H65F5N5O.Pt/c1-73(2,3)45-31-32-82-65(38-45)86-61-26-18-15-23-55(61)56-30-29-51(42-64(56)86)87-52-40-49(39-50(41-52)85-59-24-16-13-21-53(59)54-22-14-17-25-60(54)85)83-43-84(63-28-20-19-27-62(63)83)72-57(44-33-46(74(4,5)6)35-47(34-44)75(7,8)9)36-48(76(10,11)12)37-58(72)66-67(77)69(79)71(81)70(80)68(66)78;/h13-39,41,43H,1-12H3;/q-3;. The summed E-state index contributed by atoms with van der Waals surface area (Å²) in [6.07, 6.45) is 1.84. The minimum atomic E-state index is -2.24. The molecule has 0 atom stereocenters. The summed E-state index contributed by atoms with van der Waals surface area (Å²) in [5, 5.41) is 4.08. The molecule has 1 aliphatic rings. The number of aromatic nitrogens is 3. The Morgan fingerprint density at radius 1 is 0.432 bits per heavy atom. The summed E-state index contributed by atoms with van der Waals surface area (Å²) in [5.74, 6) is -8.70. The van der Waals surface area contributed by atoms with Crippen LogP contribution >= 0.6 is 0 Å². The SMILES string of the molecule is CC(C)(C)c1cc(-c2cc(C(C)(C)C)cc(-c3c(F)c(F)c(F)c(F)c3F)c2N2[CH-]N(c3[c-]c(Oc4[c-]c5c(cc4)c4ccccc4n5-c4cc(C(C)(C)C)ccn4)cc(-n4c5ccccc5c5ccccc54)c3)c3ccccc32)cc(C(C)(C)C)c1.[Pt]. The van der Waals surface area contributed by atoms with Crippen molar-refractivity contribution in [3.63, 3.8) is 0 Å². The summed E-state index contributed by atoms with van der Waals surface area (Å²) >= 11 is 0. The fourth-order valence-electron chi connectivity index (χ4n) is 12.0. The molecule has 0 saturated carbocycles. The molecule has 0 saturated heterocycles. The van der Waals surface area contributed by atoms with Gasteiger partial charge in [-0.1, -0.05) is 185 Å². The van der Waals surface area contributed by atoms with Gasteiger partial charge >= 0.3 is 0 Å². The first-order chi connectivity index (χ1) is 41.2. The molecular formula is C76H65F5N5OPt-3. The number of benzene rings is 9. The van der Waals surface area contributed by atoms with E-state index in [1.807, 2.05) is 129 Å². The first kappa shape index (κ1) is 59.8. The van der Waals surface area contributed by atoms with E-state index >= 15 is 22.0 Å². The number of para-hydroxylation sites is 5. The Morgan fingerprint density at radius 3 is 1.49 bits per heavy atom. The van der Waals surface area contributed by atoms with Crippen LogP contribution in [0.3, 0.4) is 0 Å². The summed E-state index contributed by atoms with van der Waals surface area (Å²) in [5.41, 5.74) is 8.43. The number of halogens is 5. The zero-order valence-electron chi connectivity index (χ0n) is 51.1. The van der Waals surface area contributed by atoms with Gasteiger partial charge in [-0.3, -0.25) is 0 Å². The van der Waals surface area contributed by atoms with Crippen LogP contribution in [0.2, 0.25) is 0 Å². The molecule has 3 aromatic heterocycles. The van der Waals surface area contributed by atoms with Crippen LogP contribution in [0.25, 0.3) is 77.4 Å². The molecule has 12 aromatic rings. The summed E-state index contributed by atoms with van der Waals surface area (Å²) in [6.45, 7) is 26.9. The van der Waals surface area contributed by atoms with E-state index in [1.165, 1.54) is 0 Å². The van der Waals surface area contributed by atoms with Crippen LogP contribution in [0.15, 0.2) is 170 Å². The Morgan fingerprint density at radius 2 is 0.920 bits per heavy atom. The van der Waals surface area contributed by atoms with Crippen molar-refractivity contribution in [1.82, 2.24) is 14.1 Å². The number of fused-ring (bicyclic) bond motifs is 7. The summed E-state index contributed by atoms with van der Waals surface area (Å²) < 4.78 is 92.2. The molecule has 4 heterocycles. The quantitative estimate of drug-likeness (QED) is 0.0658. The van der Waals surface area contributed by atoms with Crippen LogP contribution in [-0.4, -0.2) is 14.1 Å². The first-order valence-electron chi connectivity index (χ1n) is 29.3. The molecule has 9 aromatic carbocycles. The molecule has 0 unspecified atom stereocenters. The molecule has 0 aliphatic carbocycles. The van der Waals surface area contributed by atoms with Gasteiger partial charge in [-0.2, -0.15) is 6.07 Å². The van der Waals surface area contributed by atoms with Gasteiger partial charge in [0.25, 0.3) is 0 Å². The molecule has 0 amide bonds. The number of pyridine rings is 1. The van der Waals surface area contributed by atoms with Gasteiger partial charge in [0.2, 0.25) is 5.82 Å². The average molecular weight is 1350 g/mol. The first-order valence-corrected chi connectivity index (χ1v) is 29.3. The topological polar surface area (TPSA) is 38.5 Å². The third-order valence-corrected chi connectivity index (χ3v) is 16.8. The van der Waals surface area contributed by atoms with Crippen molar-refractivity contribution in [1.29, 1.82) is 0 Å². The number of hydrogen-bond donors (Lipinski definition) is 0. The molecule has 0 spiro atoms. The molecular weight excluding hydrogens is 1290 g/mol. The maximum atomic E-state index is 16.9. The van der Waals surface area contributed by atoms with Crippen molar-refractivity contribution in [2.75, 3.05) is 9.80 Å². The molecule has 88 heavy (non-hydrogen) atoms. The van der Waals surface area contributed by atoms with Gasteiger partial charge in [-0.05, 0) is 109 Å². The third kappa shape index (κ3) is 10.2. The maximum absolute atomic E-state index is 16.9. The van der Waals surface area contributed by atoms with E-state index in [0.717, 1.165) is 71.8 Å². The predicted octanol–water partition coefficient (Wildman–Crippen LogP) is 21.3. The van der Waals surface area contributed by atoms with Crippen molar-refractivity contribution in [3.05, 3.63) is 240 Å². The number of hydrogen-bond acceptors (Lipinski definition) is 4. The van der Waals surface area contributed by atoms with Crippen LogP contribution in [0.1, 0.15) is 105 Å². The Labute approximate surface area is 525 Å². The molecule has 1 aliphatic heterocycles. The number of anilines is 4. The number of nitrogens with zero attached hydrogens (tertiary/aromatic N) is 5. The van der Waals surface area contributed by atoms with E-state index in [0.29, 0.717) is 45.3 Å². The molecule has 12 heteroatoms. The normalized spacial score (nSPS) is 13.1. The summed E-state index contributed by atoms with van der Waals surface area (Å²) in [7, 11) is 0. The Balaban J connectivity index is 0.00000754. The Kier molecular flexibility index (Phi) is 14.7. The summed E-state index contributed by atoms with van der Waals surface area (Å²) in [6, 6.07) is 61.4. The van der Waals surface area contributed by atoms with Gasteiger partial charge in [0.05, 0.1) is 16.6 Å². The van der Waals surface area contributed by atoms with Gasteiger partial charge in [-0.15, -0.1) is 42.4 Å². The van der Waals surface area contributed by atoms with Crippen molar-refractivity contribution in [3.8, 4) is 45.3 Å². The van der Waals surface area contributed by atoms with Crippen LogP contribution in [0.5, 0.6) is 11.5 Å². The van der Waals surface area contributed by atoms with Crippen molar-refractivity contribution in [2.24, 2.45) is 0 Å². The molecule has 13 rings (SSSR count). The molecule has 0 N–H and O–H groups in total. The van der Waals surface area contributed by atoms with E-state index in [4.69, 9.17) is 9.72 Å². The van der Waals surface area contributed by atoms with Gasteiger partial charge < -0.3 is 23.7 Å². The van der Waals surface area contributed by atoms with Crippen molar-refractivity contribution in [2.45, 2.75) is 105 Å². The number of ether oxygens (including phenoxy) is 1. The van der Waals surface area contributed by atoms with E-state index in [1.54, 1.807) is 17.6 Å². The van der Waals surface area contributed by atoms with Gasteiger partial charge in [0.15, 0.2) is 23.3 Å². The predicted molar refractivity (Wildman–Crippen MR) is 344 cm³/mol. The fourth-order valence-corrected chi connectivity index (χ4v) is 12.0. The minimum Gasteiger partial charge on any atom is -0.509 e. The zero-order valence-corrected chi connectivity index (χ0v) is 53.4. The van der Waals surface area contributed by atoms with Crippen LogP contribution in [-0.2, 0) is 42.7 Å². The minimum absolute atomic E-state index is 0. The van der Waals surface area contributed by atoms with E-state index < -0.39 is 40.1 Å². The largest absolute Gasteiger partial charge is 0.509 e. The second-order valence-corrected chi connectivity index (χ2v) is 26.9. The van der Waals surface area contributed by atoms with Gasteiger partial charge in [-0.25, -0.2) is 26.9 Å². The summed E-state index contributed by atoms with van der Waals surface area (Å²) in [4.78, 5) is 8.63. The second-order valence-electron chi connectivity index (χ2n) is 26.9. The van der Waals surface area contributed by atoms with Crippen molar-refractivity contribution < 1.29 is 47.8 Å². The second kappa shape index (κ2) is 21.7. The smallest absolute Gasteiger partial charge is 0.200 e. The van der Waals surface area contributed by atoms with E-state index in [2.05, 4.69) is 144 Å². The number of rotatable bonds is 8. The fraction of sp³-hybridized carbons (Fsp3) is 0.211. The molecule has 6 nitrogen and oxygen atoms in total. The Hall–Kier alpha value is -8.53. The van der Waals surface area contributed by atoms with Gasteiger partial charge in [0, 0.05) is 83.2 Å². The third-order valence-electron chi connectivity index (χ3n) is 16.8. The molecule has 448 valence electrons. The van der Waals surface area contributed by atoms with E-state index in [-0.39, 0.29) is 48.6 Å². The monoisotopic (exact) mass is 1350 g/mol. The van der Waals surface area contributed by atoms with Crippen molar-refractivity contribution >= 4 is 66.4 Å². The molecule has 0 radical (unpaired) electrons. The average Bonchev–Trinajstić information content (AvgIpc) is 1.38. The van der Waals surface area contributed by atoms with Gasteiger partial charge in [0.1, 0.15) is 5.82 Å². The maximum Gasteiger partial charge on any atom is 0.200 e. The molecule has 0 fully saturated rings. The van der Waals surface area contributed by atoms with E-state index in [9.17, 15) is 0 Å². The zero-order chi connectivity index (χ0) is 61.4. The van der Waals surface area contributed by atoms with Crippen LogP contribution in [0.4, 0.5) is 44.7 Å². The molecule has 0 bridgehead atoms. The van der Waals surface area contributed by atoms with Crippen LogP contribution in [0, 0.1) is 47.9 Å². The Bertz CT molecular complexity index is 4670.